The average molecular weight is 334 g/mol. The molecule has 0 aliphatic carbocycles. The molecule has 1 aromatic heterocycles. The molecule has 0 saturated carbocycles. The molecule has 0 atom stereocenters. The summed E-state index contributed by atoms with van der Waals surface area (Å²) in [6.45, 7) is 7.96. The van der Waals surface area contributed by atoms with E-state index < -0.39 is 15.8 Å². The summed E-state index contributed by atoms with van der Waals surface area (Å²) in [5, 5.41) is 9.33. The third kappa shape index (κ3) is 5.35. The molecule has 0 aromatic carbocycles. The zero-order chi connectivity index (χ0) is 16.3. The van der Waals surface area contributed by atoms with Crippen molar-refractivity contribution in [2.24, 2.45) is 0 Å². The number of carboxylic acid groups (broad SMARTS) is 1. The zero-order valence-corrected chi connectivity index (χ0v) is 14.4. The highest BCUT2D eigenvalue weighted by atomic mass is 32.2. The summed E-state index contributed by atoms with van der Waals surface area (Å²) in [7, 11) is -3.08. The van der Waals surface area contributed by atoms with E-state index in [-0.39, 0.29) is 22.7 Å². The number of imidazole rings is 1. The van der Waals surface area contributed by atoms with E-state index in [1.165, 1.54) is 0 Å². The molecule has 6 nitrogen and oxygen atoms in total. The van der Waals surface area contributed by atoms with Crippen molar-refractivity contribution in [2.45, 2.75) is 44.8 Å². The van der Waals surface area contributed by atoms with E-state index in [1.807, 2.05) is 25.3 Å². The average Bonchev–Trinajstić information content (AvgIpc) is 2.77. The number of carbonyl (C=O) groups is 1. The first kappa shape index (κ1) is 18.0. The summed E-state index contributed by atoms with van der Waals surface area (Å²) in [6, 6.07) is 0. The zero-order valence-electron chi connectivity index (χ0n) is 12.8. The maximum Gasteiger partial charge on any atom is 0.313 e. The molecule has 8 heteroatoms. The van der Waals surface area contributed by atoms with Gasteiger partial charge in [-0.1, -0.05) is 39.5 Å². The standard InChI is InChI=1S/C13H22N2O4S2/c1-5-21(18,19)7-6-15-10(13(2,3)4)8-14-12(15)20-9-11(16)17/h8H,5-7,9H2,1-4H3,(H,16,17). The van der Waals surface area contributed by atoms with Gasteiger partial charge in [0.15, 0.2) is 15.0 Å². The molecule has 0 spiro atoms. The molecule has 1 rings (SSSR count). The van der Waals surface area contributed by atoms with E-state index in [2.05, 4.69) is 4.98 Å². The molecule has 1 heterocycles. The Kier molecular flexibility index (Phi) is 5.86. The monoisotopic (exact) mass is 334 g/mol. The van der Waals surface area contributed by atoms with Crippen molar-refractivity contribution in [2.75, 3.05) is 17.3 Å². The molecule has 21 heavy (non-hydrogen) atoms. The third-order valence-electron chi connectivity index (χ3n) is 2.98. The molecule has 0 aliphatic heterocycles. The number of aliphatic carboxylic acids is 1. The third-order valence-corrected chi connectivity index (χ3v) is 5.64. The number of carboxylic acids is 1. The lowest BCUT2D eigenvalue weighted by Gasteiger charge is -2.21. The van der Waals surface area contributed by atoms with Crippen molar-refractivity contribution in [3.8, 4) is 0 Å². The van der Waals surface area contributed by atoms with Crippen molar-refractivity contribution in [1.82, 2.24) is 9.55 Å². The van der Waals surface area contributed by atoms with Crippen molar-refractivity contribution in [1.29, 1.82) is 0 Å². The van der Waals surface area contributed by atoms with Crippen LogP contribution in [0.5, 0.6) is 0 Å². The second kappa shape index (κ2) is 6.83. The van der Waals surface area contributed by atoms with Crippen LogP contribution in [-0.2, 0) is 26.6 Å². The van der Waals surface area contributed by atoms with Crippen molar-refractivity contribution in [3.63, 3.8) is 0 Å². The van der Waals surface area contributed by atoms with Crippen molar-refractivity contribution >= 4 is 27.6 Å². The number of rotatable bonds is 7. The van der Waals surface area contributed by atoms with Gasteiger partial charge < -0.3 is 9.67 Å². The summed E-state index contributed by atoms with van der Waals surface area (Å²) >= 11 is 1.11. The van der Waals surface area contributed by atoms with Crippen LogP contribution in [0.3, 0.4) is 0 Å². The number of sulfone groups is 1. The van der Waals surface area contributed by atoms with Gasteiger partial charge in [-0.05, 0) is 0 Å². The van der Waals surface area contributed by atoms with Crippen LogP contribution in [0.4, 0.5) is 0 Å². The van der Waals surface area contributed by atoms with E-state index in [9.17, 15) is 13.2 Å². The predicted octanol–water partition coefficient (Wildman–Crippen LogP) is 1.79. The van der Waals surface area contributed by atoms with Crippen molar-refractivity contribution < 1.29 is 18.3 Å². The SMILES string of the molecule is CCS(=O)(=O)CCn1c(C(C)(C)C)cnc1SCC(=O)O. The molecule has 1 aromatic rings. The highest BCUT2D eigenvalue weighted by Crippen LogP contribution is 2.27. The van der Waals surface area contributed by atoms with Gasteiger partial charge >= 0.3 is 5.97 Å². The highest BCUT2D eigenvalue weighted by molar-refractivity contribution is 7.99. The molecule has 120 valence electrons. The first-order valence-corrected chi connectivity index (χ1v) is 9.48. The van der Waals surface area contributed by atoms with E-state index in [1.54, 1.807) is 13.1 Å². The number of aromatic nitrogens is 2. The van der Waals surface area contributed by atoms with Gasteiger partial charge in [-0.2, -0.15) is 0 Å². The minimum atomic E-state index is -3.08. The number of hydrogen-bond donors (Lipinski definition) is 1. The predicted molar refractivity (Wildman–Crippen MR) is 83.6 cm³/mol. The summed E-state index contributed by atoms with van der Waals surface area (Å²) in [5.74, 6) is -0.887. The second-order valence-corrected chi connectivity index (χ2v) is 9.16. The lowest BCUT2D eigenvalue weighted by atomic mass is 9.93. The van der Waals surface area contributed by atoms with Crippen LogP contribution in [-0.4, -0.2) is 46.3 Å². The first-order valence-electron chi connectivity index (χ1n) is 6.68. The topological polar surface area (TPSA) is 89.3 Å². The van der Waals surface area contributed by atoms with Gasteiger partial charge in [-0.25, -0.2) is 13.4 Å². The summed E-state index contributed by atoms with van der Waals surface area (Å²) < 4.78 is 25.2. The molecule has 0 fully saturated rings. The van der Waals surface area contributed by atoms with Crippen LogP contribution in [0.2, 0.25) is 0 Å². The summed E-state index contributed by atoms with van der Waals surface area (Å²) in [4.78, 5) is 14.9. The fourth-order valence-corrected chi connectivity index (χ4v) is 3.26. The summed E-state index contributed by atoms with van der Waals surface area (Å²) in [5.41, 5.74) is 0.715. The lowest BCUT2D eigenvalue weighted by molar-refractivity contribution is -0.133. The lowest BCUT2D eigenvalue weighted by Crippen LogP contribution is -2.22. The number of thioether (sulfide) groups is 1. The second-order valence-electron chi connectivity index (χ2n) is 5.75. The van der Waals surface area contributed by atoms with Gasteiger partial charge in [0.05, 0.1) is 11.5 Å². The van der Waals surface area contributed by atoms with Crippen LogP contribution in [0.15, 0.2) is 11.4 Å². The van der Waals surface area contributed by atoms with Crippen molar-refractivity contribution in [3.05, 3.63) is 11.9 Å². The fraction of sp³-hybridized carbons (Fsp3) is 0.692. The largest absolute Gasteiger partial charge is 0.481 e. The molecule has 1 N–H and O–H groups in total. The molecular weight excluding hydrogens is 312 g/mol. The Morgan fingerprint density at radius 3 is 2.52 bits per heavy atom. The van der Waals surface area contributed by atoms with Crippen LogP contribution in [0, 0.1) is 0 Å². The minimum absolute atomic E-state index is 0.0313. The molecule has 0 aliphatic rings. The number of hydrogen-bond acceptors (Lipinski definition) is 5. The van der Waals surface area contributed by atoms with Gasteiger partial charge in [0, 0.05) is 29.6 Å². The van der Waals surface area contributed by atoms with Crippen LogP contribution in [0.25, 0.3) is 0 Å². The molecule has 0 saturated heterocycles. The smallest absolute Gasteiger partial charge is 0.313 e. The summed E-state index contributed by atoms with van der Waals surface area (Å²) in [6.07, 6.45) is 1.70. The Morgan fingerprint density at radius 1 is 1.43 bits per heavy atom. The van der Waals surface area contributed by atoms with E-state index in [0.29, 0.717) is 11.7 Å². The molecular formula is C13H22N2O4S2. The Bertz CT molecular complexity index is 600. The van der Waals surface area contributed by atoms with Gasteiger partial charge in [-0.3, -0.25) is 4.79 Å². The van der Waals surface area contributed by atoms with Gasteiger partial charge in [0.2, 0.25) is 0 Å². The Hall–Kier alpha value is -1.02. The fourth-order valence-electron chi connectivity index (χ4n) is 1.79. The van der Waals surface area contributed by atoms with Crippen LogP contribution < -0.4 is 0 Å². The van der Waals surface area contributed by atoms with Gasteiger partial charge in [0.1, 0.15) is 0 Å². The Morgan fingerprint density at radius 2 is 2.05 bits per heavy atom. The Balaban J connectivity index is 3.05. The Labute approximate surface area is 129 Å². The first-order chi connectivity index (χ1) is 9.57. The van der Waals surface area contributed by atoms with Crippen LogP contribution in [0.1, 0.15) is 33.4 Å². The quantitative estimate of drug-likeness (QED) is 0.765. The number of nitrogens with zero attached hydrogens (tertiary/aromatic N) is 2. The van der Waals surface area contributed by atoms with E-state index >= 15 is 0 Å². The molecule has 0 unspecified atom stereocenters. The molecule has 0 amide bonds. The van der Waals surface area contributed by atoms with Crippen LogP contribution >= 0.6 is 11.8 Å². The minimum Gasteiger partial charge on any atom is -0.481 e. The van der Waals surface area contributed by atoms with Gasteiger partial charge in [-0.15, -0.1) is 0 Å². The maximum absolute atomic E-state index is 11.7. The van der Waals surface area contributed by atoms with E-state index in [0.717, 1.165) is 17.5 Å². The van der Waals surface area contributed by atoms with E-state index in [4.69, 9.17) is 5.11 Å². The maximum atomic E-state index is 11.7. The molecule has 0 bridgehead atoms. The highest BCUT2D eigenvalue weighted by Gasteiger charge is 2.23. The normalized spacial score (nSPS) is 12.6. The molecule has 0 radical (unpaired) electrons. The van der Waals surface area contributed by atoms with Gasteiger partial charge in [0.25, 0.3) is 0 Å².